The van der Waals surface area contributed by atoms with E-state index in [1.807, 2.05) is 24.0 Å². The van der Waals surface area contributed by atoms with Crippen molar-refractivity contribution in [2.75, 3.05) is 38.1 Å². The zero-order chi connectivity index (χ0) is 18.5. The molecule has 0 spiro atoms. The Hall–Kier alpha value is -2.80. The molecule has 3 heterocycles. The number of anilines is 1. The van der Waals surface area contributed by atoms with E-state index < -0.39 is 0 Å². The van der Waals surface area contributed by atoms with Gasteiger partial charge in [-0.3, -0.25) is 4.99 Å². The standard InChI is InChI=1S/C20H24N6S/c1-21-20(25-12-10-24(11-13-25)19-7-3-14-27-19)22-16-17-5-2-6-18(15-17)26-9-4-8-23-26/h2-9,14-15H,10-13,16H2,1H3,(H,21,22). The van der Waals surface area contributed by atoms with Crippen molar-refractivity contribution in [1.29, 1.82) is 0 Å². The maximum atomic E-state index is 4.48. The molecule has 0 bridgehead atoms. The van der Waals surface area contributed by atoms with E-state index in [9.17, 15) is 0 Å². The summed E-state index contributed by atoms with van der Waals surface area (Å²) in [7, 11) is 1.86. The summed E-state index contributed by atoms with van der Waals surface area (Å²) >= 11 is 1.81. The van der Waals surface area contributed by atoms with Crippen molar-refractivity contribution in [2.45, 2.75) is 6.54 Å². The first-order chi connectivity index (χ1) is 13.3. The van der Waals surface area contributed by atoms with Crippen LogP contribution in [-0.2, 0) is 6.54 Å². The molecule has 1 aromatic carbocycles. The first-order valence-corrected chi connectivity index (χ1v) is 10.0. The van der Waals surface area contributed by atoms with E-state index in [1.54, 1.807) is 17.5 Å². The Morgan fingerprint density at radius 1 is 1.15 bits per heavy atom. The Morgan fingerprint density at radius 3 is 2.74 bits per heavy atom. The predicted molar refractivity (Wildman–Crippen MR) is 112 cm³/mol. The second-order valence-electron chi connectivity index (χ2n) is 6.45. The Morgan fingerprint density at radius 2 is 2.04 bits per heavy atom. The van der Waals surface area contributed by atoms with Crippen LogP contribution in [0.4, 0.5) is 5.00 Å². The highest BCUT2D eigenvalue weighted by Crippen LogP contribution is 2.22. The second-order valence-corrected chi connectivity index (χ2v) is 7.37. The summed E-state index contributed by atoms with van der Waals surface area (Å²) in [6.07, 6.45) is 3.75. The fourth-order valence-corrected chi connectivity index (χ4v) is 4.12. The lowest BCUT2D eigenvalue weighted by Gasteiger charge is -2.37. The van der Waals surface area contributed by atoms with Gasteiger partial charge in [0, 0.05) is 52.2 Å². The number of benzene rings is 1. The van der Waals surface area contributed by atoms with Crippen molar-refractivity contribution in [3.8, 4) is 5.69 Å². The van der Waals surface area contributed by atoms with Crippen LogP contribution in [0.15, 0.2) is 65.2 Å². The molecule has 140 valence electrons. The first kappa shape index (κ1) is 17.6. The summed E-state index contributed by atoms with van der Waals surface area (Å²) in [5, 5.41) is 11.3. The highest BCUT2D eigenvalue weighted by Gasteiger charge is 2.20. The van der Waals surface area contributed by atoms with Gasteiger partial charge in [0.05, 0.1) is 10.7 Å². The summed E-state index contributed by atoms with van der Waals surface area (Å²) < 4.78 is 1.88. The third-order valence-electron chi connectivity index (χ3n) is 4.74. The third-order valence-corrected chi connectivity index (χ3v) is 5.67. The number of hydrogen-bond donors (Lipinski definition) is 1. The maximum Gasteiger partial charge on any atom is 0.194 e. The molecule has 0 atom stereocenters. The monoisotopic (exact) mass is 380 g/mol. The number of rotatable bonds is 4. The first-order valence-electron chi connectivity index (χ1n) is 9.16. The number of aliphatic imine (C=N–C) groups is 1. The second kappa shape index (κ2) is 8.26. The van der Waals surface area contributed by atoms with Crippen LogP contribution in [0.25, 0.3) is 5.69 Å². The summed E-state index contributed by atoms with van der Waals surface area (Å²) in [4.78, 5) is 9.27. The minimum absolute atomic E-state index is 0.743. The van der Waals surface area contributed by atoms with Crippen LogP contribution in [0.1, 0.15) is 5.56 Å². The van der Waals surface area contributed by atoms with Crippen molar-refractivity contribution in [2.24, 2.45) is 4.99 Å². The lowest BCUT2D eigenvalue weighted by Crippen LogP contribution is -2.52. The highest BCUT2D eigenvalue weighted by atomic mass is 32.1. The van der Waals surface area contributed by atoms with Gasteiger partial charge < -0.3 is 15.1 Å². The van der Waals surface area contributed by atoms with Gasteiger partial charge in [-0.2, -0.15) is 5.10 Å². The molecule has 0 aliphatic carbocycles. The minimum Gasteiger partial charge on any atom is -0.360 e. The molecule has 3 aromatic rings. The van der Waals surface area contributed by atoms with E-state index in [2.05, 4.69) is 67.0 Å². The van der Waals surface area contributed by atoms with Crippen molar-refractivity contribution in [3.63, 3.8) is 0 Å². The van der Waals surface area contributed by atoms with Gasteiger partial charge in [-0.25, -0.2) is 4.68 Å². The topological polar surface area (TPSA) is 48.7 Å². The Kier molecular flexibility index (Phi) is 5.39. The smallest absolute Gasteiger partial charge is 0.194 e. The molecule has 0 amide bonds. The van der Waals surface area contributed by atoms with Gasteiger partial charge in [0.1, 0.15) is 0 Å². The Balaban J connectivity index is 1.34. The van der Waals surface area contributed by atoms with Crippen molar-refractivity contribution >= 4 is 22.3 Å². The number of thiophene rings is 1. The van der Waals surface area contributed by atoms with Crippen LogP contribution in [0.5, 0.6) is 0 Å². The number of guanidine groups is 1. The summed E-state index contributed by atoms with van der Waals surface area (Å²) in [5.74, 6) is 0.963. The predicted octanol–water partition coefficient (Wildman–Crippen LogP) is 2.83. The summed E-state index contributed by atoms with van der Waals surface area (Å²) in [6, 6.07) is 14.7. The van der Waals surface area contributed by atoms with Crippen LogP contribution >= 0.6 is 11.3 Å². The molecule has 0 saturated carbocycles. The Labute approximate surface area is 163 Å². The average Bonchev–Trinajstić information content (AvgIpc) is 3.43. The van der Waals surface area contributed by atoms with Crippen LogP contribution in [-0.4, -0.2) is 53.9 Å². The zero-order valence-electron chi connectivity index (χ0n) is 15.5. The Bertz CT molecular complexity index is 864. The summed E-state index contributed by atoms with van der Waals surface area (Å²) in [6.45, 7) is 4.74. The van der Waals surface area contributed by atoms with Gasteiger partial charge in [0.25, 0.3) is 0 Å². The molecule has 1 aliphatic rings. The fraction of sp³-hybridized carbons (Fsp3) is 0.300. The maximum absolute atomic E-state index is 4.48. The van der Waals surface area contributed by atoms with E-state index >= 15 is 0 Å². The molecule has 1 fully saturated rings. The van der Waals surface area contributed by atoms with Crippen molar-refractivity contribution in [3.05, 3.63) is 65.8 Å². The highest BCUT2D eigenvalue weighted by molar-refractivity contribution is 7.14. The fourth-order valence-electron chi connectivity index (χ4n) is 3.33. The number of hydrogen-bond acceptors (Lipinski definition) is 4. The molecule has 0 radical (unpaired) electrons. The molecule has 27 heavy (non-hydrogen) atoms. The van der Waals surface area contributed by atoms with Crippen LogP contribution < -0.4 is 10.2 Å². The third kappa shape index (κ3) is 4.14. The van der Waals surface area contributed by atoms with Gasteiger partial charge >= 0.3 is 0 Å². The number of nitrogens with one attached hydrogen (secondary N) is 1. The van der Waals surface area contributed by atoms with Crippen LogP contribution in [0, 0.1) is 0 Å². The molecule has 2 aromatic heterocycles. The van der Waals surface area contributed by atoms with E-state index in [0.717, 1.165) is 44.4 Å². The van der Waals surface area contributed by atoms with Crippen molar-refractivity contribution in [1.82, 2.24) is 20.0 Å². The van der Waals surface area contributed by atoms with Gasteiger partial charge in [-0.15, -0.1) is 11.3 Å². The average molecular weight is 381 g/mol. The van der Waals surface area contributed by atoms with Crippen molar-refractivity contribution < 1.29 is 0 Å². The molecule has 1 aliphatic heterocycles. The van der Waals surface area contributed by atoms with Gasteiger partial charge in [0.2, 0.25) is 0 Å². The molecule has 0 unspecified atom stereocenters. The van der Waals surface area contributed by atoms with Gasteiger partial charge in [-0.05, 0) is 41.3 Å². The quantitative estimate of drug-likeness (QED) is 0.559. The molecular formula is C20H24N6S. The lowest BCUT2D eigenvalue weighted by molar-refractivity contribution is 0.373. The van der Waals surface area contributed by atoms with E-state index in [4.69, 9.17) is 0 Å². The van der Waals surface area contributed by atoms with E-state index in [0.29, 0.717) is 0 Å². The van der Waals surface area contributed by atoms with E-state index in [-0.39, 0.29) is 0 Å². The van der Waals surface area contributed by atoms with Crippen LogP contribution in [0.3, 0.4) is 0 Å². The number of aromatic nitrogens is 2. The van der Waals surface area contributed by atoms with E-state index in [1.165, 1.54) is 10.6 Å². The largest absolute Gasteiger partial charge is 0.360 e. The normalized spacial score (nSPS) is 15.2. The molecule has 7 heteroatoms. The van der Waals surface area contributed by atoms with Gasteiger partial charge in [-0.1, -0.05) is 12.1 Å². The van der Waals surface area contributed by atoms with Crippen LogP contribution in [0.2, 0.25) is 0 Å². The molecule has 6 nitrogen and oxygen atoms in total. The molecular weight excluding hydrogens is 356 g/mol. The molecule has 1 saturated heterocycles. The number of piperazine rings is 1. The zero-order valence-corrected chi connectivity index (χ0v) is 16.3. The SMILES string of the molecule is CN=C(NCc1cccc(-n2cccn2)c1)N1CCN(c2cccs2)CC1. The minimum atomic E-state index is 0.743. The molecule has 4 rings (SSSR count). The lowest BCUT2D eigenvalue weighted by atomic mass is 10.2. The number of nitrogens with zero attached hydrogens (tertiary/aromatic N) is 5. The molecule has 1 N–H and O–H groups in total. The van der Waals surface area contributed by atoms with Gasteiger partial charge in [0.15, 0.2) is 5.96 Å². The summed E-state index contributed by atoms with van der Waals surface area (Å²) in [5.41, 5.74) is 2.28.